The first kappa shape index (κ1) is 7.44. The van der Waals surface area contributed by atoms with Gasteiger partial charge < -0.3 is 0 Å². The fourth-order valence-electron chi connectivity index (χ4n) is 2.02. The highest BCUT2D eigenvalue weighted by Crippen LogP contribution is 2.66. The van der Waals surface area contributed by atoms with Crippen LogP contribution in [0.3, 0.4) is 0 Å². The molecule has 3 heteroatoms. The highest BCUT2D eigenvalue weighted by Gasteiger charge is 2.67. The fraction of sp³-hybridized carbons (Fsp3) is 1.00. The molecule has 2 aliphatic rings. The molecule has 2 fully saturated rings. The van der Waals surface area contributed by atoms with Crippen molar-refractivity contribution >= 4 is 0 Å². The van der Waals surface area contributed by atoms with Gasteiger partial charge in [-0.1, -0.05) is 6.42 Å². The summed E-state index contributed by atoms with van der Waals surface area (Å²) < 4.78 is 37.1. The highest BCUT2D eigenvalue weighted by atomic mass is 19.4. The van der Waals surface area contributed by atoms with Crippen molar-refractivity contribution in [2.45, 2.75) is 38.3 Å². The lowest BCUT2D eigenvalue weighted by Gasteiger charge is -2.35. The third-order valence-corrected chi connectivity index (χ3v) is 3.24. The van der Waals surface area contributed by atoms with Crippen LogP contribution in [-0.2, 0) is 0 Å². The molecule has 0 aromatic heterocycles. The molecular weight excluding hydrogens is 153 g/mol. The van der Waals surface area contributed by atoms with E-state index in [1.807, 2.05) is 0 Å². The second-order valence-corrected chi connectivity index (χ2v) is 3.78. The van der Waals surface area contributed by atoms with Crippen LogP contribution >= 0.6 is 0 Å². The lowest BCUT2D eigenvalue weighted by Crippen LogP contribution is -2.35. The van der Waals surface area contributed by atoms with Crippen LogP contribution in [0.1, 0.15) is 32.1 Å². The monoisotopic (exact) mass is 164 g/mol. The maximum atomic E-state index is 12.4. The zero-order valence-corrected chi connectivity index (χ0v) is 6.25. The van der Waals surface area contributed by atoms with E-state index in [4.69, 9.17) is 0 Å². The molecule has 0 aromatic rings. The molecule has 0 nitrogen and oxygen atoms in total. The van der Waals surface area contributed by atoms with Crippen molar-refractivity contribution in [1.82, 2.24) is 0 Å². The van der Waals surface area contributed by atoms with E-state index in [9.17, 15) is 13.2 Å². The van der Waals surface area contributed by atoms with Gasteiger partial charge >= 0.3 is 6.18 Å². The molecular formula is C8H11F3. The Bertz CT molecular complexity index is 163. The molecule has 2 rings (SSSR count). The Morgan fingerprint density at radius 3 is 1.73 bits per heavy atom. The third-order valence-electron chi connectivity index (χ3n) is 3.24. The van der Waals surface area contributed by atoms with Crippen LogP contribution in [0, 0.1) is 11.3 Å². The molecule has 0 atom stereocenters. The number of hydrogen-bond acceptors (Lipinski definition) is 0. The molecule has 0 amide bonds. The van der Waals surface area contributed by atoms with Crippen LogP contribution in [0.15, 0.2) is 0 Å². The second kappa shape index (κ2) is 1.93. The molecule has 0 aromatic carbocycles. The Hall–Kier alpha value is -0.210. The van der Waals surface area contributed by atoms with Crippen LogP contribution in [0.2, 0.25) is 0 Å². The Morgan fingerprint density at radius 2 is 1.64 bits per heavy atom. The molecule has 0 N–H and O–H groups in total. The molecule has 0 bridgehead atoms. The number of rotatable bonds is 1. The van der Waals surface area contributed by atoms with Crippen molar-refractivity contribution in [3.8, 4) is 0 Å². The van der Waals surface area contributed by atoms with E-state index in [2.05, 4.69) is 0 Å². The van der Waals surface area contributed by atoms with E-state index >= 15 is 0 Å². The molecule has 0 saturated heterocycles. The maximum absolute atomic E-state index is 12.4. The minimum Gasteiger partial charge on any atom is -0.170 e. The lowest BCUT2D eigenvalue weighted by molar-refractivity contribution is -0.210. The van der Waals surface area contributed by atoms with E-state index in [-0.39, 0.29) is 5.92 Å². The Kier molecular flexibility index (Phi) is 1.31. The van der Waals surface area contributed by atoms with E-state index in [0.29, 0.717) is 12.8 Å². The standard InChI is InChI=1S/C8H11F3/c9-8(10,11)7(4-5-7)6-2-1-3-6/h6H,1-5H2. The van der Waals surface area contributed by atoms with Gasteiger partial charge in [0.25, 0.3) is 0 Å². The van der Waals surface area contributed by atoms with Gasteiger partial charge in [0.05, 0.1) is 5.41 Å². The van der Waals surface area contributed by atoms with Gasteiger partial charge in [-0.2, -0.15) is 13.2 Å². The van der Waals surface area contributed by atoms with Crippen LogP contribution in [-0.4, -0.2) is 6.18 Å². The largest absolute Gasteiger partial charge is 0.394 e. The van der Waals surface area contributed by atoms with Gasteiger partial charge in [-0.3, -0.25) is 0 Å². The van der Waals surface area contributed by atoms with Gasteiger partial charge in [0.1, 0.15) is 0 Å². The fourth-order valence-corrected chi connectivity index (χ4v) is 2.02. The summed E-state index contributed by atoms with van der Waals surface area (Å²) in [6.45, 7) is 0. The topological polar surface area (TPSA) is 0 Å². The highest BCUT2D eigenvalue weighted by molar-refractivity contribution is 5.05. The van der Waals surface area contributed by atoms with Crippen LogP contribution in [0.5, 0.6) is 0 Å². The Labute approximate surface area is 63.8 Å². The minimum atomic E-state index is -3.92. The average molecular weight is 164 g/mol. The summed E-state index contributed by atoms with van der Waals surface area (Å²) in [5.74, 6) is -0.0255. The predicted molar refractivity (Wildman–Crippen MR) is 35.1 cm³/mol. The Balaban J connectivity index is 2.09. The summed E-state index contributed by atoms with van der Waals surface area (Å²) in [6.07, 6.45) is -0.526. The predicted octanol–water partition coefficient (Wildman–Crippen LogP) is 3.13. The molecule has 0 aliphatic heterocycles. The molecule has 0 unspecified atom stereocenters. The molecule has 0 radical (unpaired) electrons. The molecule has 0 spiro atoms. The zero-order chi connectivity index (χ0) is 8.11. The van der Waals surface area contributed by atoms with Gasteiger partial charge in [0, 0.05) is 0 Å². The van der Waals surface area contributed by atoms with Gasteiger partial charge in [0.2, 0.25) is 0 Å². The van der Waals surface area contributed by atoms with Crippen molar-refractivity contribution < 1.29 is 13.2 Å². The third kappa shape index (κ3) is 0.893. The normalized spacial score (nSPS) is 29.7. The Morgan fingerprint density at radius 1 is 1.09 bits per heavy atom. The van der Waals surface area contributed by atoms with Crippen molar-refractivity contribution in [3.63, 3.8) is 0 Å². The summed E-state index contributed by atoms with van der Waals surface area (Å²) in [5, 5.41) is 0. The molecule has 2 saturated carbocycles. The first-order valence-corrected chi connectivity index (χ1v) is 4.13. The van der Waals surface area contributed by atoms with Crippen molar-refractivity contribution in [2.75, 3.05) is 0 Å². The van der Waals surface area contributed by atoms with Crippen LogP contribution < -0.4 is 0 Å². The maximum Gasteiger partial charge on any atom is 0.394 e. The number of hydrogen-bond donors (Lipinski definition) is 0. The lowest BCUT2D eigenvalue weighted by atomic mass is 9.73. The van der Waals surface area contributed by atoms with E-state index in [1.54, 1.807) is 0 Å². The minimum absolute atomic E-state index is 0.0255. The summed E-state index contributed by atoms with van der Waals surface area (Å²) in [7, 11) is 0. The smallest absolute Gasteiger partial charge is 0.170 e. The van der Waals surface area contributed by atoms with Gasteiger partial charge in [-0.25, -0.2) is 0 Å². The summed E-state index contributed by atoms with van der Waals surface area (Å²) in [4.78, 5) is 0. The van der Waals surface area contributed by atoms with Crippen LogP contribution in [0.25, 0.3) is 0 Å². The van der Waals surface area contributed by atoms with Crippen molar-refractivity contribution in [2.24, 2.45) is 11.3 Å². The summed E-state index contributed by atoms with van der Waals surface area (Å²) >= 11 is 0. The van der Waals surface area contributed by atoms with E-state index in [0.717, 1.165) is 19.3 Å². The quantitative estimate of drug-likeness (QED) is 0.558. The summed E-state index contributed by atoms with van der Waals surface area (Å²) in [5.41, 5.74) is -1.22. The first-order valence-electron chi connectivity index (χ1n) is 4.13. The molecule has 64 valence electrons. The van der Waals surface area contributed by atoms with Gasteiger partial charge in [-0.05, 0) is 31.6 Å². The number of halogens is 3. The number of alkyl halides is 3. The molecule has 11 heavy (non-hydrogen) atoms. The van der Waals surface area contributed by atoms with E-state index in [1.165, 1.54) is 0 Å². The van der Waals surface area contributed by atoms with Crippen molar-refractivity contribution in [3.05, 3.63) is 0 Å². The molecule has 2 aliphatic carbocycles. The van der Waals surface area contributed by atoms with E-state index < -0.39 is 11.6 Å². The first-order chi connectivity index (χ1) is 5.06. The van der Waals surface area contributed by atoms with Crippen molar-refractivity contribution in [1.29, 1.82) is 0 Å². The van der Waals surface area contributed by atoms with Crippen LogP contribution in [0.4, 0.5) is 13.2 Å². The molecule has 0 heterocycles. The average Bonchev–Trinajstić information content (AvgIpc) is 2.37. The summed E-state index contributed by atoms with van der Waals surface area (Å²) in [6, 6.07) is 0. The second-order valence-electron chi connectivity index (χ2n) is 3.78. The van der Waals surface area contributed by atoms with Gasteiger partial charge in [0.15, 0.2) is 0 Å². The zero-order valence-electron chi connectivity index (χ0n) is 6.25. The SMILES string of the molecule is FC(F)(F)C1(C2CCC2)CC1. The van der Waals surface area contributed by atoms with Gasteiger partial charge in [-0.15, -0.1) is 0 Å².